The molecule has 0 spiro atoms. The lowest BCUT2D eigenvalue weighted by atomic mass is 9.94. The van der Waals surface area contributed by atoms with Crippen LogP contribution in [0.5, 0.6) is 0 Å². The van der Waals surface area contributed by atoms with E-state index in [4.69, 9.17) is 11.6 Å². The van der Waals surface area contributed by atoms with Crippen LogP contribution in [0.15, 0.2) is 12.1 Å². The number of aryl methyl sites for hydroxylation is 1. The molecule has 0 aromatic carbocycles. The maximum Gasteiger partial charge on any atom is 0.0706 e. The maximum absolute atomic E-state index is 6.55. The van der Waals surface area contributed by atoms with Crippen molar-refractivity contribution in [1.82, 2.24) is 0 Å². The molecule has 86 valence electrons. The van der Waals surface area contributed by atoms with E-state index in [-0.39, 0.29) is 5.38 Å². The Morgan fingerprint density at radius 1 is 1.20 bits per heavy atom. The minimum Gasteiger partial charge on any atom is -0.144 e. The molecule has 0 radical (unpaired) electrons. The van der Waals surface area contributed by atoms with Gasteiger partial charge in [-0.25, -0.2) is 0 Å². The summed E-state index contributed by atoms with van der Waals surface area (Å²) in [6.07, 6.45) is 4.97. The zero-order chi connectivity index (χ0) is 11.3. The van der Waals surface area contributed by atoms with Gasteiger partial charge in [0, 0.05) is 9.75 Å². The van der Waals surface area contributed by atoms with Crippen LogP contribution in [0.25, 0.3) is 0 Å². The van der Waals surface area contributed by atoms with Crippen molar-refractivity contribution in [3.05, 3.63) is 21.9 Å². The van der Waals surface area contributed by atoms with Crippen molar-refractivity contribution in [2.24, 2.45) is 5.92 Å². The van der Waals surface area contributed by atoms with E-state index in [1.807, 2.05) is 11.3 Å². The molecule has 0 bridgehead atoms. The van der Waals surface area contributed by atoms with Gasteiger partial charge in [-0.15, -0.1) is 22.9 Å². The molecule has 1 heterocycles. The molecule has 1 unspecified atom stereocenters. The third-order valence-corrected chi connectivity index (χ3v) is 4.57. The van der Waals surface area contributed by atoms with Crippen LogP contribution >= 0.6 is 22.9 Å². The molecule has 0 aliphatic rings. The highest BCUT2D eigenvalue weighted by molar-refractivity contribution is 7.12. The van der Waals surface area contributed by atoms with E-state index in [1.165, 1.54) is 35.4 Å². The number of hydrogen-bond acceptors (Lipinski definition) is 1. The van der Waals surface area contributed by atoms with E-state index in [2.05, 4.69) is 32.9 Å². The van der Waals surface area contributed by atoms with Crippen LogP contribution in [0, 0.1) is 12.8 Å². The van der Waals surface area contributed by atoms with Gasteiger partial charge in [0.15, 0.2) is 0 Å². The smallest absolute Gasteiger partial charge is 0.0706 e. The molecule has 15 heavy (non-hydrogen) atoms. The summed E-state index contributed by atoms with van der Waals surface area (Å²) >= 11 is 8.40. The zero-order valence-electron chi connectivity index (χ0n) is 9.92. The first-order valence-electron chi connectivity index (χ1n) is 5.89. The summed E-state index contributed by atoms with van der Waals surface area (Å²) in [4.78, 5) is 2.71. The minimum atomic E-state index is 0.226. The zero-order valence-corrected chi connectivity index (χ0v) is 11.5. The summed E-state index contributed by atoms with van der Waals surface area (Å²) < 4.78 is 0. The van der Waals surface area contributed by atoms with Crippen molar-refractivity contribution in [3.63, 3.8) is 0 Å². The van der Waals surface area contributed by atoms with E-state index in [1.54, 1.807) is 0 Å². The Bertz CT molecular complexity index is 274. The molecule has 0 N–H and O–H groups in total. The van der Waals surface area contributed by atoms with Gasteiger partial charge in [-0.05, 0) is 37.8 Å². The molecule has 1 rings (SSSR count). The summed E-state index contributed by atoms with van der Waals surface area (Å²) in [6.45, 7) is 6.63. The Morgan fingerprint density at radius 3 is 2.20 bits per heavy atom. The Balaban J connectivity index is 2.66. The summed E-state index contributed by atoms with van der Waals surface area (Å²) in [5, 5.41) is 0.226. The summed E-state index contributed by atoms with van der Waals surface area (Å²) in [5.74, 6) is 0.653. The Morgan fingerprint density at radius 2 is 1.80 bits per heavy atom. The lowest BCUT2D eigenvalue weighted by Gasteiger charge is -2.20. The molecular formula is C13H21ClS. The van der Waals surface area contributed by atoms with Gasteiger partial charge >= 0.3 is 0 Å². The second kappa shape index (κ2) is 6.55. The second-order valence-electron chi connectivity index (χ2n) is 4.19. The van der Waals surface area contributed by atoms with Crippen LogP contribution in [-0.2, 0) is 0 Å². The van der Waals surface area contributed by atoms with Crippen LogP contribution in [0.4, 0.5) is 0 Å². The maximum atomic E-state index is 6.55. The molecule has 0 nitrogen and oxygen atoms in total. The van der Waals surface area contributed by atoms with Crippen LogP contribution < -0.4 is 0 Å². The molecule has 2 heteroatoms. The van der Waals surface area contributed by atoms with E-state index < -0.39 is 0 Å². The number of thiophene rings is 1. The van der Waals surface area contributed by atoms with Crippen LogP contribution in [0.3, 0.4) is 0 Å². The molecule has 0 aliphatic carbocycles. The average molecular weight is 245 g/mol. The fourth-order valence-corrected chi connectivity index (χ4v) is 3.42. The van der Waals surface area contributed by atoms with Gasteiger partial charge in [-0.2, -0.15) is 0 Å². The molecule has 0 fully saturated rings. The van der Waals surface area contributed by atoms with E-state index in [0.29, 0.717) is 5.92 Å². The third kappa shape index (κ3) is 3.81. The lowest BCUT2D eigenvalue weighted by Crippen LogP contribution is -2.06. The molecule has 1 atom stereocenters. The first kappa shape index (κ1) is 13.1. The first-order chi connectivity index (χ1) is 7.19. The van der Waals surface area contributed by atoms with E-state index in [0.717, 1.165) is 0 Å². The second-order valence-corrected chi connectivity index (χ2v) is 5.98. The van der Waals surface area contributed by atoms with Crippen molar-refractivity contribution in [2.45, 2.75) is 51.8 Å². The van der Waals surface area contributed by atoms with Crippen molar-refractivity contribution in [2.75, 3.05) is 0 Å². The van der Waals surface area contributed by atoms with Crippen molar-refractivity contribution in [1.29, 1.82) is 0 Å². The highest BCUT2D eigenvalue weighted by Gasteiger charge is 2.20. The largest absolute Gasteiger partial charge is 0.144 e. The van der Waals surface area contributed by atoms with Gasteiger partial charge < -0.3 is 0 Å². The number of halogens is 1. The highest BCUT2D eigenvalue weighted by Crippen LogP contribution is 2.38. The number of rotatable bonds is 6. The van der Waals surface area contributed by atoms with Gasteiger partial charge in [0.25, 0.3) is 0 Å². The number of hydrogen-bond donors (Lipinski definition) is 0. The summed E-state index contributed by atoms with van der Waals surface area (Å²) in [5.41, 5.74) is 0. The SMILES string of the molecule is CCCC(CCC)C(Cl)c1ccc(C)s1. The molecule has 0 aliphatic heterocycles. The average Bonchev–Trinajstić information content (AvgIpc) is 2.63. The molecule has 0 amide bonds. The van der Waals surface area contributed by atoms with Crippen LogP contribution in [0.2, 0.25) is 0 Å². The molecule has 0 saturated heterocycles. The fraction of sp³-hybridized carbons (Fsp3) is 0.692. The molecule has 1 aromatic rings. The normalized spacial score (nSPS) is 13.4. The van der Waals surface area contributed by atoms with Gasteiger partial charge in [-0.1, -0.05) is 26.7 Å². The predicted octanol–water partition coefficient (Wildman–Crippen LogP) is 5.55. The standard InChI is InChI=1S/C13H21ClS/c1-4-6-11(7-5-2)13(14)12-9-8-10(3)15-12/h8-9,11,13H,4-7H2,1-3H3. The van der Waals surface area contributed by atoms with Crippen LogP contribution in [0.1, 0.15) is 54.7 Å². The molecule has 1 aromatic heterocycles. The topological polar surface area (TPSA) is 0 Å². The van der Waals surface area contributed by atoms with E-state index in [9.17, 15) is 0 Å². The Labute approximate surface area is 103 Å². The Hall–Kier alpha value is -0.0100. The van der Waals surface area contributed by atoms with Crippen molar-refractivity contribution >= 4 is 22.9 Å². The minimum absolute atomic E-state index is 0.226. The quantitative estimate of drug-likeness (QED) is 0.576. The third-order valence-electron chi connectivity index (χ3n) is 2.77. The molecular weight excluding hydrogens is 224 g/mol. The summed E-state index contributed by atoms with van der Waals surface area (Å²) in [6, 6.07) is 4.36. The fourth-order valence-electron chi connectivity index (χ4n) is 2.01. The first-order valence-corrected chi connectivity index (χ1v) is 7.14. The Kier molecular flexibility index (Phi) is 5.70. The lowest BCUT2D eigenvalue weighted by molar-refractivity contribution is 0.429. The highest BCUT2D eigenvalue weighted by atomic mass is 35.5. The summed E-state index contributed by atoms with van der Waals surface area (Å²) in [7, 11) is 0. The van der Waals surface area contributed by atoms with Crippen molar-refractivity contribution < 1.29 is 0 Å². The number of alkyl halides is 1. The van der Waals surface area contributed by atoms with Crippen molar-refractivity contribution in [3.8, 4) is 0 Å². The van der Waals surface area contributed by atoms with Gasteiger partial charge in [0.2, 0.25) is 0 Å². The van der Waals surface area contributed by atoms with E-state index >= 15 is 0 Å². The van der Waals surface area contributed by atoms with Gasteiger partial charge in [0.1, 0.15) is 0 Å². The van der Waals surface area contributed by atoms with Gasteiger partial charge in [0.05, 0.1) is 5.38 Å². The predicted molar refractivity (Wildman–Crippen MR) is 71.0 cm³/mol. The van der Waals surface area contributed by atoms with Crippen LogP contribution in [-0.4, -0.2) is 0 Å². The monoisotopic (exact) mass is 244 g/mol. The van der Waals surface area contributed by atoms with Gasteiger partial charge in [-0.3, -0.25) is 0 Å². The molecule has 0 saturated carbocycles.